The highest BCUT2D eigenvalue weighted by Crippen LogP contribution is 2.26. The molecule has 0 spiro atoms. The van der Waals surface area contributed by atoms with Crippen LogP contribution >= 0.6 is 0 Å². The Morgan fingerprint density at radius 3 is 2.70 bits per heavy atom. The van der Waals surface area contributed by atoms with Crippen LogP contribution < -0.4 is 5.32 Å². The van der Waals surface area contributed by atoms with Crippen molar-refractivity contribution in [1.82, 2.24) is 10.3 Å². The Morgan fingerprint density at radius 1 is 1.35 bits per heavy atom. The molecule has 2 N–H and O–H groups in total. The molecule has 0 unspecified atom stereocenters. The molecule has 0 saturated carbocycles. The monoisotopic (exact) mass is 274 g/mol. The van der Waals surface area contributed by atoms with Crippen molar-refractivity contribution in [3.8, 4) is 0 Å². The van der Waals surface area contributed by atoms with Gasteiger partial charge in [0.2, 0.25) is 0 Å². The first-order valence-electron chi connectivity index (χ1n) is 6.96. The van der Waals surface area contributed by atoms with Gasteiger partial charge in [0.15, 0.2) is 0 Å². The van der Waals surface area contributed by atoms with Crippen molar-refractivity contribution < 1.29 is 9.53 Å². The van der Waals surface area contributed by atoms with Gasteiger partial charge in [0.25, 0.3) is 0 Å². The minimum absolute atomic E-state index is 0.0546. The number of H-pyrrole nitrogens is 1. The lowest BCUT2D eigenvalue weighted by Crippen LogP contribution is -2.34. The summed E-state index contributed by atoms with van der Waals surface area (Å²) in [5, 5.41) is 4.07. The van der Waals surface area contributed by atoms with Gasteiger partial charge in [-0.25, -0.2) is 4.79 Å². The normalized spacial score (nSPS) is 13.2. The van der Waals surface area contributed by atoms with Crippen molar-refractivity contribution in [3.63, 3.8) is 0 Å². The number of para-hydroxylation sites is 1. The molecule has 2 rings (SSSR count). The number of benzene rings is 1. The predicted octanol–water partition coefficient (Wildman–Crippen LogP) is 4.14. The Kier molecular flexibility index (Phi) is 4.02. The third kappa shape index (κ3) is 3.32. The van der Waals surface area contributed by atoms with Crippen LogP contribution in [0.3, 0.4) is 0 Å². The van der Waals surface area contributed by atoms with Gasteiger partial charge in [0, 0.05) is 17.1 Å². The summed E-state index contributed by atoms with van der Waals surface area (Å²) < 4.78 is 5.32. The van der Waals surface area contributed by atoms with E-state index in [1.54, 1.807) is 0 Å². The number of hydrogen-bond donors (Lipinski definition) is 2. The molecule has 0 aliphatic rings. The molecule has 1 aromatic heterocycles. The lowest BCUT2D eigenvalue weighted by atomic mass is 10.0. The molecule has 0 bridgehead atoms. The molecular weight excluding hydrogens is 252 g/mol. The molecule has 20 heavy (non-hydrogen) atoms. The predicted molar refractivity (Wildman–Crippen MR) is 80.7 cm³/mol. The third-order valence-electron chi connectivity index (χ3n) is 3.10. The number of alkyl carbamates (subject to hydrolysis) is 1. The number of nitrogens with one attached hydrogen (secondary N) is 2. The Morgan fingerprint density at radius 2 is 2.05 bits per heavy atom. The SMILES string of the molecule is CC[C@@H](NC(=O)OC(C)(C)C)c1c[nH]c2ccccc12. The highest BCUT2D eigenvalue weighted by molar-refractivity contribution is 5.84. The van der Waals surface area contributed by atoms with E-state index in [0.717, 1.165) is 22.9 Å². The maximum Gasteiger partial charge on any atom is 0.408 e. The minimum atomic E-state index is -0.484. The van der Waals surface area contributed by atoms with Gasteiger partial charge >= 0.3 is 6.09 Å². The molecule has 1 aromatic carbocycles. The fourth-order valence-electron chi connectivity index (χ4n) is 2.23. The van der Waals surface area contributed by atoms with Crippen molar-refractivity contribution in [3.05, 3.63) is 36.0 Å². The highest BCUT2D eigenvalue weighted by atomic mass is 16.6. The van der Waals surface area contributed by atoms with Crippen LogP contribution in [0.4, 0.5) is 4.79 Å². The third-order valence-corrected chi connectivity index (χ3v) is 3.10. The zero-order chi connectivity index (χ0) is 14.8. The van der Waals surface area contributed by atoms with Gasteiger partial charge in [-0.15, -0.1) is 0 Å². The molecule has 108 valence electrons. The number of rotatable bonds is 3. The second-order valence-corrected chi connectivity index (χ2v) is 5.90. The number of carbonyl (C=O) groups is 1. The molecule has 0 aliphatic carbocycles. The van der Waals surface area contributed by atoms with Crippen LogP contribution in [-0.4, -0.2) is 16.7 Å². The quantitative estimate of drug-likeness (QED) is 0.883. The molecule has 4 heteroatoms. The van der Waals surface area contributed by atoms with Gasteiger partial charge in [0.1, 0.15) is 5.60 Å². The maximum atomic E-state index is 11.9. The van der Waals surface area contributed by atoms with Gasteiger partial charge in [-0.3, -0.25) is 0 Å². The van der Waals surface area contributed by atoms with E-state index in [0.29, 0.717) is 0 Å². The van der Waals surface area contributed by atoms with Crippen LogP contribution in [-0.2, 0) is 4.74 Å². The number of ether oxygens (including phenoxy) is 1. The first-order valence-corrected chi connectivity index (χ1v) is 6.96. The van der Waals surface area contributed by atoms with E-state index < -0.39 is 5.60 Å². The molecular formula is C16H22N2O2. The maximum absolute atomic E-state index is 11.9. The number of fused-ring (bicyclic) bond motifs is 1. The Hall–Kier alpha value is -1.97. The van der Waals surface area contributed by atoms with E-state index in [-0.39, 0.29) is 12.1 Å². The Balaban J connectivity index is 2.18. The fourth-order valence-corrected chi connectivity index (χ4v) is 2.23. The standard InChI is InChI=1S/C16H22N2O2/c1-5-13(18-15(19)20-16(2,3)4)12-10-17-14-9-7-6-8-11(12)14/h6-10,13,17H,5H2,1-4H3,(H,18,19)/t13-/m1/s1. The molecule has 1 heterocycles. The average molecular weight is 274 g/mol. The molecule has 0 saturated heterocycles. The zero-order valence-corrected chi connectivity index (χ0v) is 12.5. The summed E-state index contributed by atoms with van der Waals surface area (Å²) in [6, 6.07) is 8.02. The minimum Gasteiger partial charge on any atom is -0.444 e. The topological polar surface area (TPSA) is 54.1 Å². The number of aromatic amines is 1. The van der Waals surface area contributed by atoms with Crippen molar-refractivity contribution in [2.75, 3.05) is 0 Å². The molecule has 4 nitrogen and oxygen atoms in total. The first kappa shape index (κ1) is 14.4. The van der Waals surface area contributed by atoms with Crippen LogP contribution in [0.1, 0.15) is 45.7 Å². The highest BCUT2D eigenvalue weighted by Gasteiger charge is 2.21. The number of carbonyl (C=O) groups excluding carboxylic acids is 1. The fraction of sp³-hybridized carbons (Fsp3) is 0.438. The smallest absolute Gasteiger partial charge is 0.408 e. The summed E-state index contributed by atoms with van der Waals surface area (Å²) >= 11 is 0. The zero-order valence-electron chi connectivity index (χ0n) is 12.5. The van der Waals surface area contributed by atoms with Gasteiger partial charge < -0.3 is 15.0 Å². The van der Waals surface area contributed by atoms with E-state index in [2.05, 4.69) is 16.4 Å². The van der Waals surface area contributed by atoms with E-state index >= 15 is 0 Å². The largest absolute Gasteiger partial charge is 0.444 e. The second-order valence-electron chi connectivity index (χ2n) is 5.90. The van der Waals surface area contributed by atoms with E-state index in [1.165, 1.54) is 0 Å². The molecule has 0 aliphatic heterocycles. The summed E-state index contributed by atoms with van der Waals surface area (Å²) in [4.78, 5) is 15.1. The van der Waals surface area contributed by atoms with Crippen LogP contribution in [0.5, 0.6) is 0 Å². The Bertz CT molecular complexity index is 596. The second kappa shape index (κ2) is 5.57. The molecule has 1 atom stereocenters. The van der Waals surface area contributed by atoms with Crippen LogP contribution in [0.2, 0.25) is 0 Å². The molecule has 1 amide bonds. The van der Waals surface area contributed by atoms with Crippen LogP contribution in [0.15, 0.2) is 30.5 Å². The number of hydrogen-bond acceptors (Lipinski definition) is 2. The van der Waals surface area contributed by atoms with E-state index in [1.807, 2.05) is 52.1 Å². The van der Waals surface area contributed by atoms with Gasteiger partial charge in [-0.05, 0) is 38.8 Å². The number of aromatic nitrogens is 1. The van der Waals surface area contributed by atoms with Crippen molar-refractivity contribution in [2.45, 2.75) is 45.8 Å². The van der Waals surface area contributed by atoms with Gasteiger partial charge in [-0.2, -0.15) is 0 Å². The van der Waals surface area contributed by atoms with E-state index in [4.69, 9.17) is 4.74 Å². The van der Waals surface area contributed by atoms with Crippen LogP contribution in [0.25, 0.3) is 10.9 Å². The van der Waals surface area contributed by atoms with Gasteiger partial charge in [0.05, 0.1) is 6.04 Å². The van der Waals surface area contributed by atoms with Gasteiger partial charge in [-0.1, -0.05) is 25.1 Å². The average Bonchev–Trinajstić information content (AvgIpc) is 2.77. The summed E-state index contributed by atoms with van der Waals surface area (Å²) in [7, 11) is 0. The lowest BCUT2D eigenvalue weighted by Gasteiger charge is -2.23. The summed E-state index contributed by atoms with van der Waals surface area (Å²) in [5.74, 6) is 0. The number of amides is 1. The summed E-state index contributed by atoms with van der Waals surface area (Å²) in [6.45, 7) is 7.63. The summed E-state index contributed by atoms with van der Waals surface area (Å²) in [5.41, 5.74) is 1.68. The molecule has 0 radical (unpaired) electrons. The van der Waals surface area contributed by atoms with Crippen molar-refractivity contribution in [1.29, 1.82) is 0 Å². The van der Waals surface area contributed by atoms with E-state index in [9.17, 15) is 4.79 Å². The van der Waals surface area contributed by atoms with Crippen molar-refractivity contribution >= 4 is 17.0 Å². The molecule has 0 fully saturated rings. The lowest BCUT2D eigenvalue weighted by molar-refractivity contribution is 0.0502. The molecule has 2 aromatic rings. The first-order chi connectivity index (χ1) is 9.40. The van der Waals surface area contributed by atoms with Crippen molar-refractivity contribution in [2.24, 2.45) is 0 Å². The Labute approximate surface area is 119 Å². The van der Waals surface area contributed by atoms with Crippen LogP contribution in [0, 0.1) is 0 Å². The summed E-state index contributed by atoms with van der Waals surface area (Å²) in [6.07, 6.45) is 2.38.